The third kappa shape index (κ3) is 3.04. The first-order chi connectivity index (χ1) is 7.68. The topological polar surface area (TPSA) is 47.0 Å². The Morgan fingerprint density at radius 3 is 2.75 bits per heavy atom. The van der Waals surface area contributed by atoms with Gasteiger partial charge in [-0.3, -0.25) is 0 Å². The average Bonchev–Trinajstić information content (AvgIpc) is 2.90. The van der Waals surface area contributed by atoms with Crippen LogP contribution in [-0.4, -0.2) is 19.2 Å². The van der Waals surface area contributed by atoms with Crippen molar-refractivity contribution in [2.24, 2.45) is 5.92 Å². The highest BCUT2D eigenvalue weighted by Crippen LogP contribution is 2.29. The first kappa shape index (κ1) is 12.0. The van der Waals surface area contributed by atoms with Gasteiger partial charge in [0.15, 0.2) is 0 Å². The van der Waals surface area contributed by atoms with Gasteiger partial charge in [-0.05, 0) is 18.8 Å². The Balaban J connectivity index is 1.81. The zero-order valence-corrected chi connectivity index (χ0v) is 10.9. The van der Waals surface area contributed by atoms with Crippen molar-refractivity contribution in [3.63, 3.8) is 0 Å². The summed E-state index contributed by atoms with van der Waals surface area (Å²) in [5, 5.41) is 1.71. The van der Waals surface area contributed by atoms with Crippen LogP contribution >= 0.6 is 11.3 Å². The molecule has 0 radical (unpaired) electrons. The highest BCUT2D eigenvalue weighted by atomic mass is 32.2. The number of nitrogens with zero attached hydrogens (tertiary/aromatic N) is 1. The molecule has 0 N–H and O–H groups in total. The van der Waals surface area contributed by atoms with Gasteiger partial charge in [-0.15, -0.1) is 11.3 Å². The van der Waals surface area contributed by atoms with E-state index in [1.54, 1.807) is 11.6 Å². The molecule has 5 heteroatoms. The van der Waals surface area contributed by atoms with E-state index in [9.17, 15) is 8.42 Å². The molecule has 90 valence electrons. The summed E-state index contributed by atoms with van der Waals surface area (Å²) < 4.78 is 23.9. The van der Waals surface area contributed by atoms with Crippen LogP contribution in [-0.2, 0) is 9.84 Å². The second-order valence-corrected chi connectivity index (χ2v) is 7.59. The lowest BCUT2D eigenvalue weighted by atomic mass is 10.0. The molecule has 0 unspecified atom stereocenters. The van der Waals surface area contributed by atoms with Crippen LogP contribution in [0.15, 0.2) is 15.9 Å². The van der Waals surface area contributed by atoms with E-state index in [0.29, 0.717) is 0 Å². The maximum absolute atomic E-state index is 11.8. The molecule has 3 nitrogen and oxygen atoms in total. The van der Waals surface area contributed by atoms with Crippen molar-refractivity contribution in [3.05, 3.63) is 11.6 Å². The summed E-state index contributed by atoms with van der Waals surface area (Å²) >= 11 is 1.21. The molecule has 1 saturated carbocycles. The van der Waals surface area contributed by atoms with Gasteiger partial charge in [0.25, 0.3) is 0 Å². The maximum Gasteiger partial charge on any atom is 0.209 e. The summed E-state index contributed by atoms with van der Waals surface area (Å²) in [6, 6.07) is 0. The Kier molecular flexibility index (Phi) is 3.97. The third-order valence-corrected chi connectivity index (χ3v) is 6.25. The van der Waals surface area contributed by atoms with Gasteiger partial charge in [-0.2, -0.15) is 0 Å². The molecular formula is C11H17NO2S2. The van der Waals surface area contributed by atoms with Crippen molar-refractivity contribution < 1.29 is 8.42 Å². The predicted octanol–water partition coefficient (Wildman–Crippen LogP) is 2.89. The number of sulfone groups is 1. The van der Waals surface area contributed by atoms with Gasteiger partial charge in [0.05, 0.1) is 5.75 Å². The van der Waals surface area contributed by atoms with E-state index in [2.05, 4.69) is 4.98 Å². The molecule has 1 aromatic rings. The number of hydrogen-bond acceptors (Lipinski definition) is 4. The summed E-state index contributed by atoms with van der Waals surface area (Å²) in [5.41, 5.74) is 0. The Morgan fingerprint density at radius 1 is 1.38 bits per heavy atom. The smallest absolute Gasteiger partial charge is 0.209 e. The first-order valence-electron chi connectivity index (χ1n) is 5.81. The van der Waals surface area contributed by atoms with Crippen molar-refractivity contribution in [2.75, 3.05) is 5.75 Å². The molecule has 1 aliphatic carbocycles. The molecule has 0 atom stereocenters. The summed E-state index contributed by atoms with van der Waals surface area (Å²) in [4.78, 5) is 3.87. The van der Waals surface area contributed by atoms with Crippen LogP contribution in [0, 0.1) is 5.92 Å². The molecule has 0 spiro atoms. The van der Waals surface area contributed by atoms with Crippen molar-refractivity contribution >= 4 is 21.2 Å². The van der Waals surface area contributed by atoms with Crippen LogP contribution in [0.3, 0.4) is 0 Å². The number of thiazole rings is 1. The first-order valence-corrected chi connectivity index (χ1v) is 8.34. The highest BCUT2D eigenvalue weighted by Gasteiger charge is 2.19. The molecule has 0 saturated heterocycles. The van der Waals surface area contributed by atoms with Gasteiger partial charge in [-0.25, -0.2) is 13.4 Å². The molecule has 0 aromatic carbocycles. The van der Waals surface area contributed by atoms with Crippen LogP contribution in [0.25, 0.3) is 0 Å². The molecule has 1 heterocycles. The fourth-order valence-electron chi connectivity index (χ4n) is 2.31. The minimum atomic E-state index is -3.10. The summed E-state index contributed by atoms with van der Waals surface area (Å²) in [6.45, 7) is 0. The van der Waals surface area contributed by atoms with Crippen LogP contribution < -0.4 is 0 Å². The average molecular weight is 259 g/mol. The van der Waals surface area contributed by atoms with E-state index in [4.69, 9.17) is 0 Å². The minimum Gasteiger partial charge on any atom is -0.234 e. The largest absolute Gasteiger partial charge is 0.234 e. The molecule has 0 aliphatic heterocycles. The molecule has 1 fully saturated rings. The van der Waals surface area contributed by atoms with Crippen molar-refractivity contribution in [3.8, 4) is 0 Å². The predicted molar refractivity (Wildman–Crippen MR) is 65.4 cm³/mol. The maximum atomic E-state index is 11.8. The standard InChI is InChI=1S/C11H17NO2S2/c13-16(14,11-12-7-8-15-11)9-3-6-10-4-1-2-5-10/h7-8,10H,1-6,9H2. The van der Waals surface area contributed by atoms with Crippen LogP contribution in [0.2, 0.25) is 0 Å². The second-order valence-electron chi connectivity index (χ2n) is 4.41. The number of hydrogen-bond donors (Lipinski definition) is 0. The van der Waals surface area contributed by atoms with E-state index < -0.39 is 9.84 Å². The van der Waals surface area contributed by atoms with Gasteiger partial charge in [0, 0.05) is 11.6 Å². The van der Waals surface area contributed by atoms with E-state index >= 15 is 0 Å². The summed E-state index contributed by atoms with van der Waals surface area (Å²) in [5.74, 6) is 1.03. The molecule has 2 rings (SSSR count). The molecule has 0 bridgehead atoms. The lowest BCUT2D eigenvalue weighted by Gasteiger charge is -2.07. The van der Waals surface area contributed by atoms with Crippen LogP contribution in [0.4, 0.5) is 0 Å². The minimum absolute atomic E-state index is 0.261. The van der Waals surface area contributed by atoms with Crippen LogP contribution in [0.5, 0.6) is 0 Å². The van der Waals surface area contributed by atoms with E-state index in [-0.39, 0.29) is 10.1 Å². The zero-order valence-electron chi connectivity index (χ0n) is 9.26. The van der Waals surface area contributed by atoms with Gasteiger partial charge < -0.3 is 0 Å². The van der Waals surface area contributed by atoms with Crippen molar-refractivity contribution in [1.29, 1.82) is 0 Å². The summed E-state index contributed by atoms with van der Waals surface area (Å²) in [7, 11) is -3.10. The molecule has 16 heavy (non-hydrogen) atoms. The fraction of sp³-hybridized carbons (Fsp3) is 0.727. The van der Waals surface area contributed by atoms with Crippen LogP contribution in [0.1, 0.15) is 38.5 Å². The van der Waals surface area contributed by atoms with E-state index in [1.165, 1.54) is 37.0 Å². The fourth-order valence-corrected chi connectivity index (χ4v) is 4.62. The molecule has 1 aliphatic rings. The second kappa shape index (κ2) is 5.27. The molecule has 0 amide bonds. The van der Waals surface area contributed by atoms with Crippen molar-refractivity contribution in [1.82, 2.24) is 4.98 Å². The monoisotopic (exact) mass is 259 g/mol. The normalized spacial score (nSPS) is 18.0. The molecule has 1 aromatic heterocycles. The zero-order chi connectivity index (χ0) is 11.4. The Labute approximate surface area is 101 Å². The quantitative estimate of drug-likeness (QED) is 0.817. The van der Waals surface area contributed by atoms with Crippen molar-refractivity contribution in [2.45, 2.75) is 42.9 Å². The van der Waals surface area contributed by atoms with Gasteiger partial charge in [0.1, 0.15) is 0 Å². The Morgan fingerprint density at radius 2 is 2.12 bits per heavy atom. The number of aromatic nitrogens is 1. The van der Waals surface area contributed by atoms with E-state index in [1.807, 2.05) is 0 Å². The highest BCUT2D eigenvalue weighted by molar-refractivity contribution is 7.93. The molecular weight excluding hydrogens is 242 g/mol. The lowest BCUT2D eigenvalue weighted by molar-refractivity contribution is 0.494. The Hall–Kier alpha value is -0.420. The van der Waals surface area contributed by atoms with E-state index in [0.717, 1.165) is 18.8 Å². The lowest BCUT2D eigenvalue weighted by Crippen LogP contribution is -2.07. The van der Waals surface area contributed by atoms with Gasteiger partial charge in [0.2, 0.25) is 14.2 Å². The van der Waals surface area contributed by atoms with Gasteiger partial charge >= 0.3 is 0 Å². The third-order valence-electron chi connectivity index (χ3n) is 3.18. The van der Waals surface area contributed by atoms with Gasteiger partial charge in [-0.1, -0.05) is 25.7 Å². The SMILES string of the molecule is O=S(=O)(CCCC1CCCC1)c1nccs1. The summed E-state index contributed by atoms with van der Waals surface area (Å²) in [6.07, 6.45) is 8.62. The number of rotatable bonds is 5. The Bertz CT molecular complexity index is 405.